The molecule has 5 heteroatoms. The molecule has 1 aliphatic carbocycles. The Kier molecular flexibility index (Phi) is 4.82. The molecule has 1 aromatic rings. The summed E-state index contributed by atoms with van der Waals surface area (Å²) in [5, 5.41) is 3.05. The quantitative estimate of drug-likeness (QED) is 0.870. The largest absolute Gasteiger partial charge is 0.377 e. The van der Waals surface area contributed by atoms with Crippen molar-refractivity contribution < 1.29 is 9.53 Å². The highest BCUT2D eigenvalue weighted by Gasteiger charge is 2.70. The Bertz CT molecular complexity index is 617. The van der Waals surface area contributed by atoms with Crippen molar-refractivity contribution in [2.75, 3.05) is 11.9 Å². The molecule has 128 valence electrons. The highest BCUT2D eigenvalue weighted by Crippen LogP contribution is 2.57. The molecule has 1 saturated carbocycles. The predicted molar refractivity (Wildman–Crippen MR) is 95.0 cm³/mol. The number of benzene rings is 1. The fourth-order valence-corrected chi connectivity index (χ4v) is 4.22. The average molecular weight is 339 g/mol. The molecular weight excluding hydrogens is 312 g/mol. The Morgan fingerprint density at radius 1 is 1.35 bits per heavy atom. The van der Waals surface area contributed by atoms with Gasteiger partial charge < -0.3 is 15.8 Å². The van der Waals surface area contributed by atoms with Crippen LogP contribution in [0.5, 0.6) is 0 Å². The zero-order chi connectivity index (χ0) is 16.1. The number of fused-ring (bicyclic) bond motifs is 1. The zero-order valence-corrected chi connectivity index (χ0v) is 15.1. The molecule has 1 heterocycles. The molecule has 1 aliphatic heterocycles. The highest BCUT2D eigenvalue weighted by molar-refractivity contribution is 6.00. The fourth-order valence-electron chi connectivity index (χ4n) is 4.22. The number of nitrogens with one attached hydrogen (secondary N) is 1. The highest BCUT2D eigenvalue weighted by atomic mass is 35.5. The molecule has 0 spiro atoms. The summed E-state index contributed by atoms with van der Waals surface area (Å²) >= 11 is 0. The minimum atomic E-state index is -0.866. The molecule has 3 N–H and O–H groups in total. The first-order valence-corrected chi connectivity index (χ1v) is 8.07. The lowest BCUT2D eigenvalue weighted by atomic mass is 9.46. The van der Waals surface area contributed by atoms with Crippen LogP contribution in [0.3, 0.4) is 0 Å². The first kappa shape index (κ1) is 18.2. The van der Waals surface area contributed by atoms with Crippen molar-refractivity contribution in [1.82, 2.24) is 0 Å². The van der Waals surface area contributed by atoms with Crippen molar-refractivity contribution in [2.45, 2.75) is 52.2 Å². The van der Waals surface area contributed by atoms with Gasteiger partial charge in [0.15, 0.2) is 0 Å². The molecule has 0 bridgehead atoms. The van der Waals surface area contributed by atoms with Crippen LogP contribution < -0.4 is 11.1 Å². The number of rotatable bonds is 2. The van der Waals surface area contributed by atoms with Crippen LogP contribution in [0.2, 0.25) is 0 Å². The Labute approximate surface area is 144 Å². The second-order valence-electron chi connectivity index (χ2n) is 7.40. The Morgan fingerprint density at radius 2 is 2.04 bits per heavy atom. The molecule has 3 rings (SSSR count). The molecule has 1 saturated heterocycles. The molecular formula is C18H27ClN2O2. The van der Waals surface area contributed by atoms with Gasteiger partial charge in [0.05, 0.1) is 6.10 Å². The number of carbonyl (C=O) groups excluding carboxylic acids is 1. The molecule has 1 amide bonds. The molecule has 0 radical (unpaired) electrons. The van der Waals surface area contributed by atoms with Gasteiger partial charge in [0, 0.05) is 23.6 Å². The maximum Gasteiger partial charge on any atom is 0.245 e. The SMILES string of the molecule is Cc1ccc(NC(=O)C2(N)C3CCCOC3C2(C)C)c(C)c1.Cl. The van der Waals surface area contributed by atoms with Gasteiger partial charge in [-0.25, -0.2) is 0 Å². The molecule has 4 nitrogen and oxygen atoms in total. The molecule has 3 atom stereocenters. The van der Waals surface area contributed by atoms with Crippen LogP contribution in [0, 0.1) is 25.2 Å². The predicted octanol–water partition coefficient (Wildman–Crippen LogP) is 3.20. The zero-order valence-electron chi connectivity index (χ0n) is 14.3. The molecule has 2 fully saturated rings. The van der Waals surface area contributed by atoms with E-state index in [4.69, 9.17) is 10.5 Å². The van der Waals surface area contributed by atoms with Crippen molar-refractivity contribution in [1.29, 1.82) is 0 Å². The van der Waals surface area contributed by atoms with Crippen molar-refractivity contribution >= 4 is 24.0 Å². The van der Waals surface area contributed by atoms with E-state index in [0.717, 1.165) is 30.7 Å². The van der Waals surface area contributed by atoms with Crippen LogP contribution in [0.25, 0.3) is 0 Å². The lowest BCUT2D eigenvalue weighted by Crippen LogP contribution is -2.81. The van der Waals surface area contributed by atoms with E-state index < -0.39 is 5.54 Å². The van der Waals surface area contributed by atoms with Crippen LogP contribution in [0.1, 0.15) is 37.8 Å². The van der Waals surface area contributed by atoms with Crippen LogP contribution in [-0.4, -0.2) is 24.2 Å². The number of ether oxygens (including phenoxy) is 1. The van der Waals surface area contributed by atoms with Crippen molar-refractivity contribution in [3.8, 4) is 0 Å². The topological polar surface area (TPSA) is 64.4 Å². The van der Waals surface area contributed by atoms with E-state index in [1.54, 1.807) is 0 Å². The van der Waals surface area contributed by atoms with Gasteiger partial charge >= 0.3 is 0 Å². The monoisotopic (exact) mass is 338 g/mol. The van der Waals surface area contributed by atoms with Gasteiger partial charge in [-0.05, 0) is 38.3 Å². The van der Waals surface area contributed by atoms with Crippen LogP contribution >= 0.6 is 12.4 Å². The summed E-state index contributed by atoms with van der Waals surface area (Å²) in [5.41, 5.74) is 8.49. The smallest absolute Gasteiger partial charge is 0.245 e. The van der Waals surface area contributed by atoms with Gasteiger partial charge in [-0.2, -0.15) is 0 Å². The third kappa shape index (κ3) is 2.57. The maximum absolute atomic E-state index is 12.9. The van der Waals surface area contributed by atoms with E-state index in [1.165, 1.54) is 5.56 Å². The second-order valence-corrected chi connectivity index (χ2v) is 7.40. The number of hydrogen-bond acceptors (Lipinski definition) is 3. The summed E-state index contributed by atoms with van der Waals surface area (Å²) in [5.74, 6) is 0.0261. The molecule has 1 aromatic carbocycles. The number of hydrogen-bond donors (Lipinski definition) is 2. The van der Waals surface area contributed by atoms with Gasteiger partial charge in [0.1, 0.15) is 5.54 Å². The summed E-state index contributed by atoms with van der Waals surface area (Å²) < 4.78 is 5.87. The molecule has 0 aromatic heterocycles. The molecule has 3 unspecified atom stereocenters. The number of amides is 1. The molecule has 2 aliphatic rings. The summed E-state index contributed by atoms with van der Waals surface area (Å²) in [6.45, 7) is 8.91. The maximum atomic E-state index is 12.9. The van der Waals surface area contributed by atoms with Crippen molar-refractivity contribution in [2.24, 2.45) is 17.1 Å². The number of aryl methyl sites for hydroxylation is 2. The fraction of sp³-hybridized carbons (Fsp3) is 0.611. The molecule has 23 heavy (non-hydrogen) atoms. The minimum Gasteiger partial charge on any atom is -0.377 e. The average Bonchev–Trinajstić information content (AvgIpc) is 2.49. The normalized spacial score (nSPS) is 31.3. The van der Waals surface area contributed by atoms with Gasteiger partial charge in [-0.3, -0.25) is 4.79 Å². The van der Waals surface area contributed by atoms with Crippen LogP contribution in [0.4, 0.5) is 5.69 Å². The number of nitrogens with two attached hydrogens (primary N) is 1. The summed E-state index contributed by atoms with van der Waals surface area (Å²) in [6.07, 6.45) is 2.04. The van der Waals surface area contributed by atoms with E-state index in [0.29, 0.717) is 0 Å². The lowest BCUT2D eigenvalue weighted by molar-refractivity contribution is -0.222. The summed E-state index contributed by atoms with van der Waals surface area (Å²) in [7, 11) is 0. The minimum absolute atomic E-state index is 0. The van der Waals surface area contributed by atoms with E-state index >= 15 is 0 Å². The Balaban J connectivity index is 0.00000192. The lowest BCUT2D eigenvalue weighted by Gasteiger charge is -2.65. The first-order valence-electron chi connectivity index (χ1n) is 8.07. The van der Waals surface area contributed by atoms with E-state index in [9.17, 15) is 4.79 Å². The van der Waals surface area contributed by atoms with Gasteiger partial charge in [0.2, 0.25) is 5.91 Å². The van der Waals surface area contributed by atoms with Crippen molar-refractivity contribution in [3.05, 3.63) is 29.3 Å². The first-order chi connectivity index (χ1) is 10.3. The number of carbonyl (C=O) groups is 1. The van der Waals surface area contributed by atoms with Crippen LogP contribution in [-0.2, 0) is 9.53 Å². The number of anilines is 1. The second kappa shape index (κ2) is 6.08. The Morgan fingerprint density at radius 3 is 2.70 bits per heavy atom. The van der Waals surface area contributed by atoms with Crippen LogP contribution in [0.15, 0.2) is 18.2 Å². The third-order valence-electron chi connectivity index (χ3n) is 5.69. The summed E-state index contributed by atoms with van der Waals surface area (Å²) in [4.78, 5) is 12.9. The van der Waals surface area contributed by atoms with Gasteiger partial charge in [-0.1, -0.05) is 31.5 Å². The number of halogens is 1. The van der Waals surface area contributed by atoms with E-state index in [1.807, 2.05) is 39.8 Å². The van der Waals surface area contributed by atoms with Gasteiger partial charge in [0.25, 0.3) is 0 Å². The summed E-state index contributed by atoms with van der Waals surface area (Å²) in [6, 6.07) is 6.02. The Hall–Kier alpha value is -1.10. The van der Waals surface area contributed by atoms with E-state index in [2.05, 4.69) is 11.4 Å². The van der Waals surface area contributed by atoms with Gasteiger partial charge in [-0.15, -0.1) is 12.4 Å². The standard InChI is InChI=1S/C18H26N2O2.ClH/c1-11-7-8-14(12(2)10-11)20-16(21)18(19)13-6-5-9-22-15(13)17(18,3)4;/h7-8,10,13,15H,5-6,9,19H2,1-4H3,(H,20,21);1H. The van der Waals surface area contributed by atoms with E-state index in [-0.39, 0.29) is 35.8 Å². The van der Waals surface area contributed by atoms with Crippen molar-refractivity contribution in [3.63, 3.8) is 0 Å². The third-order valence-corrected chi connectivity index (χ3v) is 5.69.